The highest BCUT2D eigenvalue weighted by Gasteiger charge is 2.11. The number of hydrogen-bond donors (Lipinski definition) is 1. The molecule has 3 aromatic rings. The lowest BCUT2D eigenvalue weighted by atomic mass is 10.2. The highest BCUT2D eigenvalue weighted by atomic mass is 32.2. The lowest BCUT2D eigenvalue weighted by molar-refractivity contribution is -0.118. The summed E-state index contributed by atoms with van der Waals surface area (Å²) in [5.41, 5.74) is 0.687. The Morgan fingerprint density at radius 1 is 1.00 bits per heavy atom. The summed E-state index contributed by atoms with van der Waals surface area (Å²) in [7, 11) is 0. The molecule has 0 aliphatic heterocycles. The van der Waals surface area contributed by atoms with Crippen molar-refractivity contribution in [2.75, 3.05) is 11.5 Å². The average Bonchev–Trinajstić information content (AvgIpc) is 3.35. The van der Waals surface area contributed by atoms with E-state index < -0.39 is 0 Å². The van der Waals surface area contributed by atoms with Crippen molar-refractivity contribution in [3.8, 4) is 0 Å². The number of rotatable bonds is 9. The Morgan fingerprint density at radius 3 is 2.42 bits per heavy atom. The molecule has 26 heavy (non-hydrogen) atoms. The summed E-state index contributed by atoms with van der Waals surface area (Å²) in [5.74, 6) is 1.23. The van der Waals surface area contributed by atoms with E-state index in [0.717, 1.165) is 0 Å². The van der Waals surface area contributed by atoms with Crippen LogP contribution in [0.3, 0.4) is 0 Å². The molecule has 0 spiro atoms. The van der Waals surface area contributed by atoms with Gasteiger partial charge in [0.25, 0.3) is 0 Å². The summed E-state index contributed by atoms with van der Waals surface area (Å²) in [5, 5.41) is 10.9. The molecule has 0 bridgehead atoms. The predicted octanol–water partition coefficient (Wildman–Crippen LogP) is 3.51. The van der Waals surface area contributed by atoms with Crippen molar-refractivity contribution >= 4 is 46.6 Å². The van der Waals surface area contributed by atoms with Crippen molar-refractivity contribution < 1.29 is 14.0 Å². The van der Waals surface area contributed by atoms with Crippen LogP contribution in [0.5, 0.6) is 0 Å². The van der Waals surface area contributed by atoms with Crippen molar-refractivity contribution in [2.45, 2.75) is 15.2 Å². The molecule has 2 heterocycles. The van der Waals surface area contributed by atoms with E-state index in [0.29, 0.717) is 32.3 Å². The Hall–Kier alpha value is -2.10. The molecule has 2 aromatic heterocycles. The molecule has 1 amide bonds. The third kappa shape index (κ3) is 5.72. The Balaban J connectivity index is 1.40. The number of nitrogens with one attached hydrogen (secondary N) is 1. The fourth-order valence-corrected chi connectivity index (χ4v) is 4.67. The van der Waals surface area contributed by atoms with Crippen LogP contribution in [0.2, 0.25) is 0 Å². The van der Waals surface area contributed by atoms with Crippen molar-refractivity contribution in [2.24, 2.45) is 0 Å². The molecule has 0 aliphatic carbocycles. The van der Waals surface area contributed by atoms with Crippen LogP contribution in [-0.2, 0) is 11.3 Å². The number of amides is 1. The van der Waals surface area contributed by atoms with Gasteiger partial charge in [0, 0.05) is 5.56 Å². The van der Waals surface area contributed by atoms with Crippen LogP contribution in [0.25, 0.3) is 0 Å². The fourth-order valence-electron chi connectivity index (χ4n) is 1.93. The molecule has 1 N–H and O–H groups in total. The zero-order valence-electron chi connectivity index (χ0n) is 13.6. The number of Topliss-reactive ketones (excluding diaryl/α,β-unsaturated/α-hetero) is 1. The van der Waals surface area contributed by atoms with Gasteiger partial charge in [-0.05, 0) is 12.1 Å². The van der Waals surface area contributed by atoms with E-state index in [4.69, 9.17) is 4.42 Å². The largest absolute Gasteiger partial charge is 0.467 e. The Labute approximate surface area is 162 Å². The number of furan rings is 1. The molecular weight excluding hydrogens is 390 g/mol. The molecule has 6 nitrogen and oxygen atoms in total. The number of carbonyl (C=O) groups is 2. The van der Waals surface area contributed by atoms with Crippen molar-refractivity contribution in [3.05, 3.63) is 60.1 Å². The van der Waals surface area contributed by atoms with Crippen LogP contribution in [-0.4, -0.2) is 33.4 Å². The standard InChI is InChI=1S/C17H15N3O3S3/c21-14(12-5-2-1-3-6-12)10-24-16-19-20-17(26-16)25-11-15(22)18-9-13-7-4-8-23-13/h1-8H,9-11H2,(H,18,22). The second-order valence-electron chi connectivity index (χ2n) is 5.06. The van der Waals surface area contributed by atoms with Gasteiger partial charge in [-0.1, -0.05) is 65.2 Å². The Morgan fingerprint density at radius 2 is 1.73 bits per heavy atom. The van der Waals surface area contributed by atoms with Gasteiger partial charge >= 0.3 is 0 Å². The van der Waals surface area contributed by atoms with E-state index in [9.17, 15) is 9.59 Å². The van der Waals surface area contributed by atoms with E-state index in [2.05, 4.69) is 15.5 Å². The Kier molecular flexibility index (Phi) is 6.87. The molecule has 0 unspecified atom stereocenters. The minimum atomic E-state index is -0.102. The fraction of sp³-hybridized carbons (Fsp3) is 0.176. The summed E-state index contributed by atoms with van der Waals surface area (Å²) in [4.78, 5) is 23.9. The highest BCUT2D eigenvalue weighted by Crippen LogP contribution is 2.29. The SMILES string of the molecule is O=C(CSc1nnc(SCC(=O)c2ccccc2)s1)NCc1ccco1. The number of ketones is 1. The molecule has 0 atom stereocenters. The summed E-state index contributed by atoms with van der Waals surface area (Å²) in [6.45, 7) is 0.366. The molecule has 0 fully saturated rings. The molecular formula is C17H15N3O3S3. The highest BCUT2D eigenvalue weighted by molar-refractivity contribution is 8.03. The first-order valence-electron chi connectivity index (χ1n) is 7.67. The van der Waals surface area contributed by atoms with Crippen LogP contribution in [0, 0.1) is 0 Å². The van der Waals surface area contributed by atoms with Crippen molar-refractivity contribution in [3.63, 3.8) is 0 Å². The smallest absolute Gasteiger partial charge is 0.230 e. The minimum Gasteiger partial charge on any atom is -0.467 e. The van der Waals surface area contributed by atoms with Gasteiger partial charge in [0.2, 0.25) is 5.91 Å². The lowest BCUT2D eigenvalue weighted by Crippen LogP contribution is -2.24. The monoisotopic (exact) mass is 405 g/mol. The summed E-state index contributed by atoms with van der Waals surface area (Å²) in [6, 6.07) is 12.7. The zero-order chi connectivity index (χ0) is 18.2. The molecule has 9 heteroatoms. The Bertz CT molecular complexity index is 851. The van der Waals surface area contributed by atoms with Gasteiger partial charge in [0.05, 0.1) is 24.3 Å². The normalized spacial score (nSPS) is 10.6. The van der Waals surface area contributed by atoms with Gasteiger partial charge in [-0.3, -0.25) is 9.59 Å². The van der Waals surface area contributed by atoms with Crippen LogP contribution in [0.1, 0.15) is 16.1 Å². The molecule has 3 rings (SSSR count). The summed E-state index contributed by atoms with van der Waals surface area (Å²) < 4.78 is 6.57. The second kappa shape index (κ2) is 9.56. The molecule has 0 aliphatic rings. The first-order chi connectivity index (χ1) is 12.7. The van der Waals surface area contributed by atoms with Crippen molar-refractivity contribution in [1.82, 2.24) is 15.5 Å². The van der Waals surface area contributed by atoms with Gasteiger partial charge in [0.1, 0.15) is 5.76 Å². The van der Waals surface area contributed by atoms with Crippen LogP contribution in [0.4, 0.5) is 0 Å². The molecule has 0 saturated heterocycles. The van der Waals surface area contributed by atoms with Crippen molar-refractivity contribution in [1.29, 1.82) is 0 Å². The summed E-state index contributed by atoms with van der Waals surface area (Å²) in [6.07, 6.45) is 1.57. The number of nitrogens with zero attached hydrogens (tertiary/aromatic N) is 2. The van der Waals surface area contributed by atoms with E-state index in [1.165, 1.54) is 34.9 Å². The van der Waals surface area contributed by atoms with Gasteiger partial charge in [0.15, 0.2) is 14.5 Å². The maximum atomic E-state index is 12.1. The van der Waals surface area contributed by atoms with Gasteiger partial charge < -0.3 is 9.73 Å². The van der Waals surface area contributed by atoms with E-state index in [1.54, 1.807) is 30.5 Å². The predicted molar refractivity (Wildman–Crippen MR) is 103 cm³/mol. The third-order valence-electron chi connectivity index (χ3n) is 3.18. The molecule has 134 valence electrons. The van der Waals surface area contributed by atoms with E-state index >= 15 is 0 Å². The van der Waals surface area contributed by atoms with Crippen LogP contribution in [0.15, 0.2) is 61.8 Å². The average molecular weight is 406 g/mol. The first kappa shape index (κ1) is 18.7. The number of hydrogen-bond acceptors (Lipinski definition) is 8. The van der Waals surface area contributed by atoms with E-state index in [-0.39, 0.29) is 17.4 Å². The van der Waals surface area contributed by atoms with Crippen LogP contribution < -0.4 is 5.32 Å². The number of benzene rings is 1. The summed E-state index contributed by atoms with van der Waals surface area (Å²) >= 11 is 4.06. The second-order valence-corrected chi connectivity index (χ2v) is 8.48. The molecule has 0 radical (unpaired) electrons. The zero-order valence-corrected chi connectivity index (χ0v) is 16.0. The quantitative estimate of drug-likeness (QED) is 0.431. The van der Waals surface area contributed by atoms with Gasteiger partial charge in [-0.25, -0.2) is 0 Å². The van der Waals surface area contributed by atoms with Gasteiger partial charge in [-0.15, -0.1) is 10.2 Å². The molecule has 0 saturated carbocycles. The number of carbonyl (C=O) groups excluding carboxylic acids is 2. The number of thioether (sulfide) groups is 2. The maximum absolute atomic E-state index is 12.1. The third-order valence-corrected chi connectivity index (χ3v) is 6.37. The topological polar surface area (TPSA) is 85.1 Å². The minimum absolute atomic E-state index is 0.0531. The van der Waals surface area contributed by atoms with Crippen LogP contribution >= 0.6 is 34.9 Å². The van der Waals surface area contributed by atoms with Gasteiger partial charge in [-0.2, -0.15) is 0 Å². The maximum Gasteiger partial charge on any atom is 0.230 e. The molecule has 1 aromatic carbocycles. The lowest BCUT2D eigenvalue weighted by Gasteiger charge is -2.01. The van der Waals surface area contributed by atoms with E-state index in [1.807, 2.05) is 18.2 Å². The number of aromatic nitrogens is 2. The first-order valence-corrected chi connectivity index (χ1v) is 10.5.